The molecule has 1 aromatic carbocycles. The van der Waals surface area contributed by atoms with Gasteiger partial charge in [-0.05, 0) is 23.6 Å². The highest BCUT2D eigenvalue weighted by molar-refractivity contribution is 7.16. The van der Waals surface area contributed by atoms with Gasteiger partial charge >= 0.3 is 0 Å². The van der Waals surface area contributed by atoms with Gasteiger partial charge in [-0.25, -0.2) is 4.98 Å². The quantitative estimate of drug-likeness (QED) is 0.786. The second-order valence-corrected chi connectivity index (χ2v) is 5.08. The lowest BCUT2D eigenvalue weighted by Crippen LogP contribution is -1.98. The molecule has 2 aromatic heterocycles. The van der Waals surface area contributed by atoms with E-state index in [1.165, 1.54) is 0 Å². The second-order valence-electron chi connectivity index (χ2n) is 3.77. The van der Waals surface area contributed by atoms with Crippen molar-refractivity contribution in [3.8, 4) is 11.6 Å². The zero-order valence-electron chi connectivity index (χ0n) is 10.1. The predicted octanol–water partition coefficient (Wildman–Crippen LogP) is 4.18. The number of nitrogens with one attached hydrogen (secondary N) is 1. The van der Waals surface area contributed by atoms with E-state index < -0.39 is 0 Å². The molecule has 0 unspecified atom stereocenters. The van der Waals surface area contributed by atoms with Gasteiger partial charge in [0, 0.05) is 7.05 Å². The number of para-hydroxylation sites is 1. The molecule has 0 atom stereocenters. The first kappa shape index (κ1) is 12.2. The molecule has 1 N–H and O–H groups in total. The van der Waals surface area contributed by atoms with Gasteiger partial charge in [0.2, 0.25) is 11.8 Å². The maximum atomic E-state index is 6.09. The highest BCUT2D eigenvalue weighted by Gasteiger charge is 2.11. The van der Waals surface area contributed by atoms with E-state index in [-0.39, 0.29) is 0 Å². The number of fused-ring (bicyclic) bond motifs is 1. The molecule has 6 heteroatoms. The van der Waals surface area contributed by atoms with Gasteiger partial charge < -0.3 is 10.1 Å². The Bertz CT molecular complexity index is 729. The summed E-state index contributed by atoms with van der Waals surface area (Å²) in [5.74, 6) is 1.61. The van der Waals surface area contributed by atoms with Gasteiger partial charge in [-0.1, -0.05) is 23.7 Å². The predicted molar refractivity (Wildman–Crippen MR) is 78.5 cm³/mol. The van der Waals surface area contributed by atoms with Gasteiger partial charge in [0.15, 0.2) is 0 Å². The molecule has 0 aliphatic heterocycles. The van der Waals surface area contributed by atoms with Crippen LogP contribution in [0.15, 0.2) is 35.7 Å². The lowest BCUT2D eigenvalue weighted by Gasteiger charge is -2.08. The van der Waals surface area contributed by atoms with E-state index in [1.54, 1.807) is 24.5 Å². The molecule has 96 valence electrons. The van der Waals surface area contributed by atoms with E-state index in [1.807, 2.05) is 29.6 Å². The van der Waals surface area contributed by atoms with E-state index in [2.05, 4.69) is 15.3 Å². The van der Waals surface area contributed by atoms with E-state index in [0.29, 0.717) is 22.6 Å². The van der Waals surface area contributed by atoms with Gasteiger partial charge in [0.25, 0.3) is 0 Å². The highest BCUT2D eigenvalue weighted by Crippen LogP contribution is 2.34. The normalized spacial score (nSPS) is 10.6. The topological polar surface area (TPSA) is 47.0 Å². The lowest BCUT2D eigenvalue weighted by molar-refractivity contribution is 0.469. The Labute approximate surface area is 119 Å². The molecule has 0 fully saturated rings. The monoisotopic (exact) mass is 291 g/mol. The second kappa shape index (κ2) is 5.03. The summed E-state index contributed by atoms with van der Waals surface area (Å²) in [4.78, 5) is 9.57. The fourth-order valence-corrected chi connectivity index (χ4v) is 2.58. The Balaban J connectivity index is 2.09. The molecular weight excluding hydrogens is 282 g/mol. The Morgan fingerprint density at radius 2 is 2.05 bits per heavy atom. The number of anilines is 1. The van der Waals surface area contributed by atoms with Crippen LogP contribution >= 0.6 is 22.9 Å². The van der Waals surface area contributed by atoms with Crippen molar-refractivity contribution in [3.63, 3.8) is 0 Å². The van der Waals surface area contributed by atoms with Gasteiger partial charge in [0.1, 0.15) is 10.6 Å². The third-order valence-corrected chi connectivity index (χ3v) is 3.68. The maximum absolute atomic E-state index is 6.09. The summed E-state index contributed by atoms with van der Waals surface area (Å²) in [5.41, 5.74) is 0. The number of rotatable bonds is 3. The lowest BCUT2D eigenvalue weighted by atomic mass is 10.3. The average molecular weight is 292 g/mol. The average Bonchev–Trinajstić information content (AvgIpc) is 2.89. The number of benzene rings is 1. The SMILES string of the molecule is CNc1nc(Oc2ccccc2Cl)c2ccsc2n1. The van der Waals surface area contributed by atoms with Crippen molar-refractivity contribution in [1.29, 1.82) is 0 Å². The van der Waals surface area contributed by atoms with E-state index in [0.717, 1.165) is 10.2 Å². The smallest absolute Gasteiger partial charge is 0.232 e. The van der Waals surface area contributed by atoms with Crippen LogP contribution in [0.4, 0.5) is 5.95 Å². The first-order valence-electron chi connectivity index (χ1n) is 5.63. The number of halogens is 1. The van der Waals surface area contributed by atoms with Crippen LogP contribution in [0.3, 0.4) is 0 Å². The van der Waals surface area contributed by atoms with Crippen molar-refractivity contribution in [2.24, 2.45) is 0 Å². The van der Waals surface area contributed by atoms with E-state index in [9.17, 15) is 0 Å². The third-order valence-electron chi connectivity index (χ3n) is 2.56. The molecule has 4 nitrogen and oxygen atoms in total. The molecule has 0 saturated carbocycles. The van der Waals surface area contributed by atoms with Crippen molar-refractivity contribution in [1.82, 2.24) is 9.97 Å². The summed E-state index contributed by atoms with van der Waals surface area (Å²) >= 11 is 7.63. The zero-order valence-corrected chi connectivity index (χ0v) is 11.6. The minimum Gasteiger partial charge on any atom is -0.437 e. The molecule has 3 rings (SSSR count). The van der Waals surface area contributed by atoms with Gasteiger partial charge in [0.05, 0.1) is 10.4 Å². The maximum Gasteiger partial charge on any atom is 0.232 e. The molecular formula is C13H10ClN3OS. The highest BCUT2D eigenvalue weighted by atomic mass is 35.5. The first-order chi connectivity index (χ1) is 9.28. The van der Waals surface area contributed by atoms with Crippen LogP contribution in [0.5, 0.6) is 11.6 Å². The Hall–Kier alpha value is -1.85. The molecule has 0 spiro atoms. The molecule has 0 saturated heterocycles. The minimum absolute atomic E-state index is 0.503. The summed E-state index contributed by atoms with van der Waals surface area (Å²) in [6.07, 6.45) is 0. The Morgan fingerprint density at radius 3 is 2.84 bits per heavy atom. The van der Waals surface area contributed by atoms with E-state index >= 15 is 0 Å². The largest absolute Gasteiger partial charge is 0.437 e. The molecule has 0 radical (unpaired) electrons. The van der Waals surface area contributed by atoms with Crippen molar-refractivity contribution in [2.45, 2.75) is 0 Å². The fourth-order valence-electron chi connectivity index (χ4n) is 1.65. The number of thiophene rings is 1. The summed E-state index contributed by atoms with van der Waals surface area (Å²) in [7, 11) is 1.77. The Morgan fingerprint density at radius 1 is 1.21 bits per heavy atom. The zero-order chi connectivity index (χ0) is 13.2. The number of nitrogens with zero attached hydrogens (tertiary/aromatic N) is 2. The molecule has 3 aromatic rings. The van der Waals surface area contributed by atoms with Crippen LogP contribution in [-0.2, 0) is 0 Å². The summed E-state index contributed by atoms with van der Waals surface area (Å²) in [6, 6.07) is 9.25. The molecule has 19 heavy (non-hydrogen) atoms. The number of ether oxygens (including phenoxy) is 1. The van der Waals surface area contributed by atoms with Gasteiger partial charge in [-0.15, -0.1) is 11.3 Å². The Kier molecular flexibility index (Phi) is 3.23. The molecule has 2 heterocycles. The number of aromatic nitrogens is 2. The van der Waals surface area contributed by atoms with Crippen molar-refractivity contribution < 1.29 is 4.74 Å². The van der Waals surface area contributed by atoms with Crippen molar-refractivity contribution in [2.75, 3.05) is 12.4 Å². The van der Waals surface area contributed by atoms with Crippen LogP contribution in [0.1, 0.15) is 0 Å². The standard InChI is InChI=1S/C13H10ClN3OS/c1-15-13-16-11(8-6-7-19-12(8)17-13)18-10-5-3-2-4-9(10)14/h2-7H,1H3,(H,15,16,17). The summed E-state index contributed by atoms with van der Waals surface area (Å²) in [5, 5.41) is 6.31. The van der Waals surface area contributed by atoms with Crippen LogP contribution in [-0.4, -0.2) is 17.0 Å². The van der Waals surface area contributed by atoms with E-state index in [4.69, 9.17) is 16.3 Å². The minimum atomic E-state index is 0.503. The van der Waals surface area contributed by atoms with Crippen LogP contribution in [0.25, 0.3) is 10.2 Å². The first-order valence-corrected chi connectivity index (χ1v) is 6.89. The third kappa shape index (κ3) is 2.34. The van der Waals surface area contributed by atoms with Crippen LogP contribution < -0.4 is 10.1 Å². The molecule has 0 aliphatic rings. The van der Waals surface area contributed by atoms with Crippen LogP contribution in [0.2, 0.25) is 5.02 Å². The summed E-state index contributed by atoms with van der Waals surface area (Å²) < 4.78 is 5.81. The van der Waals surface area contributed by atoms with Crippen LogP contribution in [0, 0.1) is 0 Å². The number of hydrogen-bond donors (Lipinski definition) is 1. The van der Waals surface area contributed by atoms with Gasteiger partial charge in [-0.2, -0.15) is 4.98 Å². The summed E-state index contributed by atoms with van der Waals surface area (Å²) in [6.45, 7) is 0. The van der Waals surface area contributed by atoms with Crippen molar-refractivity contribution in [3.05, 3.63) is 40.7 Å². The molecule has 0 bridgehead atoms. The molecule has 0 aliphatic carbocycles. The van der Waals surface area contributed by atoms with Crippen molar-refractivity contribution >= 4 is 39.1 Å². The number of hydrogen-bond acceptors (Lipinski definition) is 5. The van der Waals surface area contributed by atoms with Gasteiger partial charge in [-0.3, -0.25) is 0 Å². The fraction of sp³-hybridized carbons (Fsp3) is 0.0769. The molecule has 0 amide bonds.